The van der Waals surface area contributed by atoms with Crippen molar-refractivity contribution in [3.05, 3.63) is 89.5 Å². The summed E-state index contributed by atoms with van der Waals surface area (Å²) < 4.78 is 32.7. The maximum Gasteiger partial charge on any atom is 0.338 e. The smallest absolute Gasteiger partial charge is 0.338 e. The predicted octanol–water partition coefficient (Wildman–Crippen LogP) is 4.29. The molecule has 0 aliphatic carbocycles. The molecular weight excluding hydrogens is 428 g/mol. The third-order valence-electron chi connectivity index (χ3n) is 4.70. The van der Waals surface area contributed by atoms with Gasteiger partial charge in [-0.05, 0) is 62.7 Å². The van der Waals surface area contributed by atoms with Gasteiger partial charge in [0.2, 0.25) is 0 Å². The molecule has 0 bridgehead atoms. The summed E-state index contributed by atoms with van der Waals surface area (Å²) in [6, 6.07) is 19.4. The van der Waals surface area contributed by atoms with E-state index in [1.165, 1.54) is 43.3 Å². The van der Waals surface area contributed by atoms with Gasteiger partial charge in [-0.2, -0.15) is 0 Å². The second-order valence-corrected chi connectivity index (χ2v) is 9.04. The number of sulfonamides is 1. The van der Waals surface area contributed by atoms with Crippen LogP contribution in [0.3, 0.4) is 0 Å². The van der Waals surface area contributed by atoms with Gasteiger partial charge < -0.3 is 10.1 Å². The highest BCUT2D eigenvalue weighted by atomic mass is 32.2. The fourth-order valence-electron chi connectivity index (χ4n) is 2.99. The van der Waals surface area contributed by atoms with Crippen LogP contribution in [0.15, 0.2) is 77.7 Å². The molecule has 2 N–H and O–H groups in total. The Bertz CT molecular complexity index is 1240. The van der Waals surface area contributed by atoms with E-state index in [0.717, 1.165) is 11.1 Å². The third-order valence-corrected chi connectivity index (χ3v) is 6.09. The molecule has 166 valence electrons. The number of benzene rings is 3. The monoisotopic (exact) mass is 452 g/mol. The van der Waals surface area contributed by atoms with E-state index in [9.17, 15) is 18.0 Å². The van der Waals surface area contributed by atoms with Gasteiger partial charge in [-0.15, -0.1) is 0 Å². The topological polar surface area (TPSA) is 102 Å². The fraction of sp³-hybridized carbons (Fsp3) is 0.167. The van der Waals surface area contributed by atoms with Crippen LogP contribution in [0.25, 0.3) is 0 Å². The molecular formula is C24H24N2O5S. The number of rotatable bonds is 7. The molecule has 0 aromatic heterocycles. The molecule has 0 saturated heterocycles. The van der Waals surface area contributed by atoms with E-state index in [2.05, 4.69) is 10.0 Å². The van der Waals surface area contributed by atoms with Gasteiger partial charge in [0, 0.05) is 11.4 Å². The number of esters is 1. The van der Waals surface area contributed by atoms with Gasteiger partial charge in [-0.1, -0.05) is 42.0 Å². The molecule has 3 aromatic rings. The van der Waals surface area contributed by atoms with Gasteiger partial charge >= 0.3 is 5.97 Å². The van der Waals surface area contributed by atoms with Gasteiger partial charge in [0.15, 0.2) is 6.10 Å². The van der Waals surface area contributed by atoms with Crippen LogP contribution in [0.5, 0.6) is 0 Å². The summed E-state index contributed by atoms with van der Waals surface area (Å²) in [4.78, 5) is 25.1. The summed E-state index contributed by atoms with van der Waals surface area (Å²) in [6.07, 6.45) is -1.05. The Morgan fingerprint density at radius 2 is 1.62 bits per heavy atom. The highest BCUT2D eigenvalue weighted by Gasteiger charge is 2.20. The average Bonchev–Trinajstić information content (AvgIpc) is 2.76. The van der Waals surface area contributed by atoms with Gasteiger partial charge in [0.05, 0.1) is 10.5 Å². The molecule has 0 spiro atoms. The number of hydrogen-bond acceptors (Lipinski definition) is 5. The molecule has 0 radical (unpaired) electrons. The van der Waals surface area contributed by atoms with E-state index in [-0.39, 0.29) is 16.1 Å². The first-order valence-corrected chi connectivity index (χ1v) is 11.4. The molecule has 32 heavy (non-hydrogen) atoms. The number of nitrogens with one attached hydrogen (secondary N) is 2. The summed E-state index contributed by atoms with van der Waals surface area (Å²) in [5.74, 6) is -1.21. The Morgan fingerprint density at radius 3 is 2.31 bits per heavy atom. The lowest BCUT2D eigenvalue weighted by Crippen LogP contribution is -2.30. The molecule has 0 heterocycles. The van der Waals surface area contributed by atoms with Crippen molar-refractivity contribution < 1.29 is 22.7 Å². The standard InChI is InChI=1S/C24H24N2O5S/c1-16-12-13-22(17(2)14-16)25-23(27)18(3)31-24(28)19-8-7-9-20(15-19)26-32(29,30)21-10-5-4-6-11-21/h4-15,18,26H,1-3H3,(H,25,27). The minimum Gasteiger partial charge on any atom is -0.449 e. The SMILES string of the molecule is Cc1ccc(NC(=O)C(C)OC(=O)c2cccc(NS(=O)(=O)c3ccccc3)c2)c(C)c1. The summed E-state index contributed by atoms with van der Waals surface area (Å²) in [5, 5.41) is 2.75. The van der Waals surface area contributed by atoms with Crippen LogP contribution in [0.1, 0.15) is 28.4 Å². The Balaban J connectivity index is 1.67. The molecule has 8 heteroatoms. The zero-order chi connectivity index (χ0) is 23.3. The predicted molar refractivity (Wildman–Crippen MR) is 123 cm³/mol. The van der Waals surface area contributed by atoms with Crippen molar-refractivity contribution in [1.82, 2.24) is 0 Å². The Hall–Kier alpha value is -3.65. The third kappa shape index (κ3) is 5.73. The normalized spacial score (nSPS) is 12.0. The molecule has 0 aliphatic rings. The minimum atomic E-state index is -3.80. The first kappa shape index (κ1) is 23.0. The highest BCUT2D eigenvalue weighted by molar-refractivity contribution is 7.92. The molecule has 3 aromatic carbocycles. The first-order chi connectivity index (χ1) is 15.2. The van der Waals surface area contributed by atoms with Crippen molar-refractivity contribution >= 4 is 33.3 Å². The Kier molecular flexibility index (Phi) is 6.95. The van der Waals surface area contributed by atoms with Crippen molar-refractivity contribution in [2.75, 3.05) is 10.0 Å². The number of aryl methyl sites for hydroxylation is 2. The van der Waals surface area contributed by atoms with Crippen LogP contribution in [0.2, 0.25) is 0 Å². The van der Waals surface area contributed by atoms with Gasteiger partial charge in [-0.25, -0.2) is 13.2 Å². The lowest BCUT2D eigenvalue weighted by molar-refractivity contribution is -0.123. The summed E-state index contributed by atoms with van der Waals surface area (Å²) in [7, 11) is -3.80. The summed E-state index contributed by atoms with van der Waals surface area (Å²) in [6.45, 7) is 5.30. The van der Waals surface area contributed by atoms with E-state index >= 15 is 0 Å². The van der Waals surface area contributed by atoms with Crippen molar-refractivity contribution in [1.29, 1.82) is 0 Å². The highest BCUT2D eigenvalue weighted by Crippen LogP contribution is 2.19. The lowest BCUT2D eigenvalue weighted by atomic mass is 10.1. The lowest BCUT2D eigenvalue weighted by Gasteiger charge is -2.15. The molecule has 1 unspecified atom stereocenters. The molecule has 7 nitrogen and oxygen atoms in total. The minimum absolute atomic E-state index is 0.102. The van der Waals surface area contributed by atoms with Gasteiger partial charge in [0.25, 0.3) is 15.9 Å². The van der Waals surface area contributed by atoms with Crippen molar-refractivity contribution in [3.8, 4) is 0 Å². The molecule has 3 rings (SSSR count). The van der Waals surface area contributed by atoms with Crippen molar-refractivity contribution in [2.24, 2.45) is 0 Å². The van der Waals surface area contributed by atoms with Crippen LogP contribution in [-0.2, 0) is 19.6 Å². The van der Waals surface area contributed by atoms with Crippen LogP contribution < -0.4 is 10.0 Å². The molecule has 1 amide bonds. The number of ether oxygens (including phenoxy) is 1. The van der Waals surface area contributed by atoms with Crippen LogP contribution in [0.4, 0.5) is 11.4 Å². The average molecular weight is 453 g/mol. The molecule has 1 atom stereocenters. The maximum atomic E-state index is 12.5. The van der Waals surface area contributed by atoms with Crippen LogP contribution in [0, 0.1) is 13.8 Å². The fourth-order valence-corrected chi connectivity index (χ4v) is 4.06. The number of anilines is 2. The number of hydrogen-bond donors (Lipinski definition) is 2. The first-order valence-electron chi connectivity index (χ1n) is 9.93. The zero-order valence-corrected chi connectivity index (χ0v) is 18.8. The number of amides is 1. The molecule has 0 saturated carbocycles. The van der Waals surface area contributed by atoms with Crippen LogP contribution in [-0.4, -0.2) is 26.4 Å². The second-order valence-electron chi connectivity index (χ2n) is 7.35. The maximum absolute atomic E-state index is 12.5. The van der Waals surface area contributed by atoms with E-state index in [4.69, 9.17) is 4.74 Å². The summed E-state index contributed by atoms with van der Waals surface area (Å²) >= 11 is 0. The molecule has 0 aliphatic heterocycles. The molecule has 0 fully saturated rings. The Morgan fingerprint density at radius 1 is 0.906 bits per heavy atom. The Labute approximate surface area is 187 Å². The number of carbonyl (C=O) groups is 2. The van der Waals surface area contributed by atoms with Crippen molar-refractivity contribution in [2.45, 2.75) is 31.8 Å². The summed E-state index contributed by atoms with van der Waals surface area (Å²) in [5.41, 5.74) is 2.93. The largest absolute Gasteiger partial charge is 0.449 e. The van der Waals surface area contributed by atoms with Gasteiger partial charge in [0.1, 0.15) is 0 Å². The van der Waals surface area contributed by atoms with E-state index in [0.29, 0.717) is 5.69 Å². The second kappa shape index (κ2) is 9.65. The van der Waals surface area contributed by atoms with Crippen LogP contribution >= 0.6 is 0 Å². The van der Waals surface area contributed by atoms with Crippen molar-refractivity contribution in [3.63, 3.8) is 0 Å². The van der Waals surface area contributed by atoms with Gasteiger partial charge in [-0.3, -0.25) is 9.52 Å². The van der Waals surface area contributed by atoms with E-state index in [1.54, 1.807) is 24.3 Å². The number of carbonyl (C=O) groups excluding carboxylic acids is 2. The van der Waals surface area contributed by atoms with E-state index < -0.39 is 28.0 Å². The quantitative estimate of drug-likeness (QED) is 0.521. The zero-order valence-electron chi connectivity index (χ0n) is 18.0. The van der Waals surface area contributed by atoms with E-state index in [1.807, 2.05) is 26.0 Å².